The van der Waals surface area contributed by atoms with Gasteiger partial charge in [0.25, 0.3) is 16.1 Å². The molecule has 216 valence electrons. The first kappa shape index (κ1) is 26.4. The highest BCUT2D eigenvalue weighted by atomic mass is 32.2. The van der Waals surface area contributed by atoms with E-state index < -0.39 is 10.2 Å². The van der Waals surface area contributed by atoms with Crippen LogP contribution >= 0.6 is 0 Å². The third kappa shape index (κ3) is 4.95. The quantitative estimate of drug-likeness (QED) is 0.488. The minimum Gasteiger partial charge on any atom is -0.380 e. The monoisotopic (exact) mass is 574 g/mol. The van der Waals surface area contributed by atoms with Gasteiger partial charge in [0, 0.05) is 49.9 Å². The minimum atomic E-state index is -3.57. The van der Waals surface area contributed by atoms with E-state index in [-0.39, 0.29) is 41.5 Å². The first-order valence-electron chi connectivity index (χ1n) is 14.3. The number of carbonyl (C=O) groups excluding carboxylic acids is 1. The summed E-state index contributed by atoms with van der Waals surface area (Å²) in [5, 5.41) is 10.5. The number of carbonyl (C=O) groups is 1. The maximum absolute atomic E-state index is 13.8. The zero-order valence-electron chi connectivity index (χ0n) is 22.2. The average molecular weight is 575 g/mol. The Morgan fingerprint density at radius 3 is 2.40 bits per heavy atom. The molecule has 6 atom stereocenters. The second kappa shape index (κ2) is 10.4. The molecule has 4 aliphatic heterocycles. The van der Waals surface area contributed by atoms with Gasteiger partial charge in [-0.05, 0) is 62.5 Å². The van der Waals surface area contributed by atoms with Crippen molar-refractivity contribution in [2.75, 3.05) is 26.3 Å². The zero-order chi connectivity index (χ0) is 27.4. The topological polar surface area (TPSA) is 130 Å². The van der Waals surface area contributed by atoms with Gasteiger partial charge >= 0.3 is 0 Å². The Labute approximate surface area is 233 Å². The van der Waals surface area contributed by atoms with Gasteiger partial charge in [0.1, 0.15) is 11.6 Å². The number of amides is 1. The highest BCUT2D eigenvalue weighted by Gasteiger charge is 2.52. The van der Waals surface area contributed by atoms with Gasteiger partial charge in [0.2, 0.25) is 0 Å². The van der Waals surface area contributed by atoms with Crippen molar-refractivity contribution in [3.05, 3.63) is 47.4 Å². The van der Waals surface area contributed by atoms with Crippen molar-refractivity contribution in [1.29, 1.82) is 0 Å². The Bertz CT molecular complexity index is 1320. The molecule has 2 unspecified atom stereocenters. The number of ether oxygens (including phenoxy) is 1. The Kier molecular flexibility index (Phi) is 6.90. The van der Waals surface area contributed by atoms with Crippen LogP contribution in [0.3, 0.4) is 0 Å². The molecule has 1 amide bonds. The highest BCUT2D eigenvalue weighted by Crippen LogP contribution is 2.43. The van der Waals surface area contributed by atoms with Crippen molar-refractivity contribution in [2.24, 2.45) is 11.8 Å². The van der Waals surface area contributed by atoms with Crippen LogP contribution in [0.15, 0.2) is 28.9 Å². The lowest BCUT2D eigenvalue weighted by atomic mass is 9.99. The van der Waals surface area contributed by atoms with Crippen LogP contribution in [0.5, 0.6) is 0 Å². The summed E-state index contributed by atoms with van der Waals surface area (Å²) >= 11 is 0. The lowest BCUT2D eigenvalue weighted by molar-refractivity contribution is -0.00228. The molecule has 4 saturated heterocycles. The Morgan fingerprint density at radius 2 is 1.77 bits per heavy atom. The van der Waals surface area contributed by atoms with Gasteiger partial charge in [-0.1, -0.05) is 5.16 Å². The second-order valence-electron chi connectivity index (χ2n) is 12.1. The van der Waals surface area contributed by atoms with E-state index in [9.17, 15) is 17.6 Å². The summed E-state index contributed by atoms with van der Waals surface area (Å²) in [5.41, 5.74) is 1.06. The molecule has 0 radical (unpaired) electrons. The lowest BCUT2D eigenvalue weighted by Crippen LogP contribution is -2.55. The molecule has 1 saturated carbocycles. The standard InChI is InChI=1S/C27H35FN6O5S/c28-19-1-2-20(29-10-19)11-30-21-5-16-12-33(13-17(16)6-21)40(36,37)34-23-3-4-24(34)8-22(7-23)31-27(35)25-9-26(39-32-25)18-14-38-15-18/h1-2,9-10,16-18,21-24,30H,3-8,11-15H2,(H,31,35)/t16-,17+,21?,22?,23-,24+. The van der Waals surface area contributed by atoms with E-state index in [1.807, 2.05) is 0 Å². The fourth-order valence-electron chi connectivity index (χ4n) is 7.38. The molecule has 5 aliphatic rings. The lowest BCUT2D eigenvalue weighted by Gasteiger charge is -2.40. The SMILES string of the molecule is O=C(NC1C[C@H]2CC[C@@H](C1)N2S(=O)(=O)N1C[C@H]2CC(NCc3ccc(F)cn3)C[C@H]2C1)c1cc(C2COC2)on1. The Balaban J connectivity index is 0.923. The van der Waals surface area contributed by atoms with Crippen LogP contribution in [0.25, 0.3) is 0 Å². The van der Waals surface area contributed by atoms with Crippen LogP contribution in [-0.4, -0.2) is 83.5 Å². The van der Waals surface area contributed by atoms with Crippen LogP contribution in [0.4, 0.5) is 4.39 Å². The third-order valence-electron chi connectivity index (χ3n) is 9.47. The number of nitrogens with zero attached hydrogens (tertiary/aromatic N) is 4. The number of pyridine rings is 1. The Morgan fingerprint density at radius 1 is 1.05 bits per heavy atom. The number of piperidine rings is 1. The van der Waals surface area contributed by atoms with Crippen molar-refractivity contribution < 1.29 is 26.9 Å². The molecule has 7 rings (SSSR count). The fourth-order valence-corrected chi connectivity index (χ4v) is 9.54. The molecule has 1 aliphatic carbocycles. The van der Waals surface area contributed by atoms with Crippen LogP contribution < -0.4 is 10.6 Å². The van der Waals surface area contributed by atoms with Gasteiger partial charge in [-0.15, -0.1) is 0 Å². The summed E-state index contributed by atoms with van der Waals surface area (Å²) in [6, 6.07) is 4.79. The third-order valence-corrected chi connectivity index (χ3v) is 11.6. The minimum absolute atomic E-state index is 0.0935. The van der Waals surface area contributed by atoms with Crippen molar-refractivity contribution in [3.8, 4) is 0 Å². The molecular weight excluding hydrogens is 539 g/mol. The van der Waals surface area contributed by atoms with E-state index in [2.05, 4.69) is 20.8 Å². The molecule has 40 heavy (non-hydrogen) atoms. The van der Waals surface area contributed by atoms with E-state index in [4.69, 9.17) is 9.26 Å². The summed E-state index contributed by atoms with van der Waals surface area (Å²) in [6.45, 7) is 2.84. The Hall–Kier alpha value is -2.45. The zero-order valence-corrected chi connectivity index (χ0v) is 23.1. The maximum Gasteiger partial charge on any atom is 0.282 e. The number of rotatable bonds is 8. The van der Waals surface area contributed by atoms with Crippen molar-refractivity contribution in [1.82, 2.24) is 29.4 Å². The van der Waals surface area contributed by atoms with Gasteiger partial charge in [-0.2, -0.15) is 17.0 Å². The smallest absolute Gasteiger partial charge is 0.282 e. The van der Waals surface area contributed by atoms with Gasteiger partial charge in [0.15, 0.2) is 5.69 Å². The number of hydrogen-bond acceptors (Lipinski definition) is 8. The summed E-state index contributed by atoms with van der Waals surface area (Å²) in [5.74, 6) is 0.873. The average Bonchev–Trinajstić information content (AvgIpc) is 3.66. The normalized spacial score (nSPS) is 32.7. The summed E-state index contributed by atoms with van der Waals surface area (Å²) in [6.07, 6.45) is 5.92. The fraction of sp³-hybridized carbons (Fsp3) is 0.667. The van der Waals surface area contributed by atoms with E-state index in [0.717, 1.165) is 31.4 Å². The maximum atomic E-state index is 13.8. The molecule has 0 aromatic carbocycles. The molecule has 11 nitrogen and oxygen atoms in total. The number of nitrogens with one attached hydrogen (secondary N) is 2. The van der Waals surface area contributed by atoms with Gasteiger partial charge in [0.05, 0.1) is 31.0 Å². The summed E-state index contributed by atoms with van der Waals surface area (Å²) in [4.78, 5) is 16.9. The number of halogens is 1. The van der Waals surface area contributed by atoms with Gasteiger partial charge in [-0.3, -0.25) is 9.78 Å². The highest BCUT2D eigenvalue weighted by molar-refractivity contribution is 7.86. The van der Waals surface area contributed by atoms with Gasteiger partial charge in [-0.25, -0.2) is 4.39 Å². The number of hydrogen-bond donors (Lipinski definition) is 2. The molecule has 0 spiro atoms. The molecule has 2 aromatic rings. The first-order valence-corrected chi connectivity index (χ1v) is 15.7. The molecule has 13 heteroatoms. The number of fused-ring (bicyclic) bond motifs is 3. The molecule has 6 heterocycles. The van der Waals surface area contributed by atoms with Crippen molar-refractivity contribution >= 4 is 16.1 Å². The molecule has 2 N–H and O–H groups in total. The molecule has 5 fully saturated rings. The predicted molar refractivity (Wildman–Crippen MR) is 141 cm³/mol. The molecule has 2 aromatic heterocycles. The van der Waals surface area contributed by atoms with E-state index in [1.54, 1.807) is 20.7 Å². The summed E-state index contributed by atoms with van der Waals surface area (Å²) in [7, 11) is -3.57. The predicted octanol–water partition coefficient (Wildman–Crippen LogP) is 1.79. The molecular formula is C27H35FN6O5S. The van der Waals surface area contributed by atoms with Crippen LogP contribution in [0.1, 0.15) is 66.4 Å². The number of aromatic nitrogens is 2. The van der Waals surface area contributed by atoms with Crippen LogP contribution in [-0.2, 0) is 21.5 Å². The first-order chi connectivity index (χ1) is 19.3. The molecule has 2 bridgehead atoms. The van der Waals surface area contributed by atoms with Crippen molar-refractivity contribution in [2.45, 2.75) is 75.2 Å². The summed E-state index contributed by atoms with van der Waals surface area (Å²) < 4.78 is 54.7. The van der Waals surface area contributed by atoms with Gasteiger partial charge < -0.3 is 19.9 Å². The van der Waals surface area contributed by atoms with Crippen LogP contribution in [0, 0.1) is 17.7 Å². The largest absolute Gasteiger partial charge is 0.380 e. The van der Waals surface area contributed by atoms with E-state index in [1.165, 1.54) is 12.3 Å². The van der Waals surface area contributed by atoms with Crippen LogP contribution in [0.2, 0.25) is 0 Å². The van der Waals surface area contributed by atoms with E-state index >= 15 is 0 Å². The van der Waals surface area contributed by atoms with Crippen molar-refractivity contribution in [3.63, 3.8) is 0 Å². The van der Waals surface area contributed by atoms with E-state index in [0.29, 0.717) is 69.3 Å². The second-order valence-corrected chi connectivity index (χ2v) is 13.9.